The quantitative estimate of drug-likeness (QED) is 0.722. The molecular weight excluding hydrogens is 345 g/mol. The van der Waals surface area contributed by atoms with Gasteiger partial charge in [-0.25, -0.2) is 14.2 Å². The summed E-state index contributed by atoms with van der Waals surface area (Å²) in [6.07, 6.45) is 1.44. The van der Waals surface area contributed by atoms with Crippen molar-refractivity contribution in [3.63, 3.8) is 0 Å². The topological polar surface area (TPSA) is 87.2 Å². The van der Waals surface area contributed by atoms with Crippen molar-refractivity contribution in [1.29, 1.82) is 0 Å². The lowest BCUT2D eigenvalue weighted by Crippen LogP contribution is -2.21. The molecule has 8 heteroatoms. The number of carbonyl (C=O) groups is 1. The first-order valence-electron chi connectivity index (χ1n) is 7.71. The fraction of sp³-hybridized carbons (Fsp3) is 0.235. The number of halogens is 1. The Morgan fingerprint density at radius 3 is 2.76 bits per heavy atom. The van der Waals surface area contributed by atoms with Gasteiger partial charge in [0.15, 0.2) is 5.13 Å². The summed E-state index contributed by atoms with van der Waals surface area (Å²) < 4.78 is 21.2. The van der Waals surface area contributed by atoms with E-state index in [9.17, 15) is 14.0 Å². The van der Waals surface area contributed by atoms with E-state index < -0.39 is 17.2 Å². The molecule has 6 nitrogen and oxygen atoms in total. The van der Waals surface area contributed by atoms with Gasteiger partial charge in [-0.1, -0.05) is 0 Å². The molecule has 0 aliphatic carbocycles. The van der Waals surface area contributed by atoms with Gasteiger partial charge in [0.05, 0.1) is 17.8 Å². The normalized spacial score (nSPS) is 11.0. The number of esters is 1. The third kappa shape index (κ3) is 3.00. The summed E-state index contributed by atoms with van der Waals surface area (Å²) in [5, 5.41) is 2.11. The Labute approximate surface area is 146 Å². The van der Waals surface area contributed by atoms with Gasteiger partial charge in [0.2, 0.25) is 5.43 Å². The molecule has 0 atom stereocenters. The molecule has 1 aromatic carbocycles. The highest BCUT2D eigenvalue weighted by Gasteiger charge is 2.19. The molecular formula is C17H16FN3O3S. The minimum Gasteiger partial charge on any atom is -0.462 e. The van der Waals surface area contributed by atoms with Crippen LogP contribution in [-0.2, 0) is 11.3 Å². The van der Waals surface area contributed by atoms with Crippen LogP contribution >= 0.6 is 11.3 Å². The van der Waals surface area contributed by atoms with Crippen LogP contribution in [0.4, 0.5) is 9.52 Å². The first-order chi connectivity index (χ1) is 12.0. The third-order valence-corrected chi connectivity index (χ3v) is 4.48. The Bertz CT molecular complexity index is 1030. The van der Waals surface area contributed by atoms with Crippen molar-refractivity contribution in [3.8, 4) is 11.3 Å². The summed E-state index contributed by atoms with van der Waals surface area (Å²) in [6.45, 7) is 4.17. The van der Waals surface area contributed by atoms with Crippen molar-refractivity contribution in [3.05, 3.63) is 45.3 Å². The SMILES string of the molecule is CCOC(=O)c1cn(CC)c2cc(-c3csc(N)n3)c(F)cc2c1=O. The molecule has 0 bridgehead atoms. The molecule has 25 heavy (non-hydrogen) atoms. The van der Waals surface area contributed by atoms with Crippen LogP contribution in [0, 0.1) is 5.82 Å². The molecule has 130 valence electrons. The Kier molecular flexibility index (Phi) is 4.54. The summed E-state index contributed by atoms with van der Waals surface area (Å²) in [4.78, 5) is 28.7. The standard InChI is InChI=1S/C17H16FN3O3S/c1-3-21-7-11(16(23)24-4-2)15(22)10-5-12(18)9(6-14(10)21)13-8-25-17(19)20-13/h5-8H,3-4H2,1-2H3,(H2,19,20). The first kappa shape index (κ1) is 17.1. The maximum Gasteiger partial charge on any atom is 0.343 e. The van der Waals surface area contributed by atoms with E-state index in [-0.39, 0.29) is 23.1 Å². The number of nitrogens with two attached hydrogens (primary N) is 1. The van der Waals surface area contributed by atoms with Crippen molar-refractivity contribution in [2.45, 2.75) is 20.4 Å². The molecule has 3 aromatic rings. The van der Waals surface area contributed by atoms with Crippen molar-refractivity contribution >= 4 is 33.3 Å². The Morgan fingerprint density at radius 1 is 1.40 bits per heavy atom. The van der Waals surface area contributed by atoms with E-state index in [1.165, 1.54) is 17.5 Å². The molecule has 0 saturated carbocycles. The van der Waals surface area contributed by atoms with E-state index >= 15 is 0 Å². The highest BCUT2D eigenvalue weighted by Crippen LogP contribution is 2.29. The summed E-state index contributed by atoms with van der Waals surface area (Å²) >= 11 is 1.21. The predicted molar refractivity (Wildman–Crippen MR) is 95.3 cm³/mol. The van der Waals surface area contributed by atoms with Crippen LogP contribution in [0.1, 0.15) is 24.2 Å². The average molecular weight is 361 g/mol. The van der Waals surface area contributed by atoms with E-state index in [1.54, 1.807) is 22.9 Å². The van der Waals surface area contributed by atoms with Gasteiger partial charge in [0, 0.05) is 29.1 Å². The number of carbonyl (C=O) groups excluding carboxylic acids is 1. The molecule has 0 aliphatic heterocycles. The maximum atomic E-state index is 14.6. The molecule has 0 spiro atoms. The second-order valence-electron chi connectivity index (χ2n) is 5.30. The summed E-state index contributed by atoms with van der Waals surface area (Å²) in [6, 6.07) is 2.69. The maximum absolute atomic E-state index is 14.6. The predicted octanol–water partition coefficient (Wildman–Crippen LogP) is 3.04. The Hall–Kier alpha value is -2.74. The molecule has 2 N–H and O–H groups in total. The number of ether oxygens (including phenoxy) is 1. The van der Waals surface area contributed by atoms with Crippen molar-refractivity contribution in [2.75, 3.05) is 12.3 Å². The number of rotatable bonds is 4. The zero-order valence-electron chi connectivity index (χ0n) is 13.7. The Morgan fingerprint density at radius 2 is 2.16 bits per heavy atom. The number of fused-ring (bicyclic) bond motifs is 1. The van der Waals surface area contributed by atoms with Gasteiger partial charge in [-0.05, 0) is 26.0 Å². The third-order valence-electron chi connectivity index (χ3n) is 3.80. The fourth-order valence-corrected chi connectivity index (χ4v) is 3.20. The second kappa shape index (κ2) is 6.64. The zero-order valence-corrected chi connectivity index (χ0v) is 14.5. The highest BCUT2D eigenvalue weighted by molar-refractivity contribution is 7.13. The van der Waals surface area contributed by atoms with E-state index in [1.807, 2.05) is 6.92 Å². The van der Waals surface area contributed by atoms with Crippen molar-refractivity contribution in [1.82, 2.24) is 9.55 Å². The number of nitrogens with zero attached hydrogens (tertiary/aromatic N) is 2. The monoisotopic (exact) mass is 361 g/mol. The zero-order chi connectivity index (χ0) is 18.1. The molecule has 2 aromatic heterocycles. The van der Waals surface area contributed by atoms with Crippen molar-refractivity contribution < 1.29 is 13.9 Å². The molecule has 0 amide bonds. The molecule has 0 unspecified atom stereocenters. The number of nitrogen functional groups attached to an aromatic ring is 1. The number of thiazole rings is 1. The molecule has 0 aliphatic rings. The Balaban J connectivity index is 2.29. The van der Waals surface area contributed by atoms with Crippen LogP contribution in [0.3, 0.4) is 0 Å². The van der Waals surface area contributed by atoms with Gasteiger partial charge < -0.3 is 15.0 Å². The van der Waals surface area contributed by atoms with Crippen LogP contribution in [-0.4, -0.2) is 22.1 Å². The van der Waals surface area contributed by atoms with Gasteiger partial charge in [-0.2, -0.15) is 0 Å². The van der Waals surface area contributed by atoms with Crippen LogP contribution < -0.4 is 11.2 Å². The average Bonchev–Trinajstić information content (AvgIpc) is 3.01. The van der Waals surface area contributed by atoms with Gasteiger partial charge >= 0.3 is 5.97 Å². The van der Waals surface area contributed by atoms with Crippen LogP contribution in [0.15, 0.2) is 28.5 Å². The first-order valence-corrected chi connectivity index (χ1v) is 8.59. The van der Waals surface area contributed by atoms with Gasteiger partial charge in [-0.15, -0.1) is 11.3 Å². The number of aromatic nitrogens is 2. The minimum absolute atomic E-state index is 0.110. The van der Waals surface area contributed by atoms with E-state index in [0.29, 0.717) is 22.9 Å². The van der Waals surface area contributed by atoms with Gasteiger partial charge in [0.1, 0.15) is 11.4 Å². The number of hydrogen-bond donors (Lipinski definition) is 1. The van der Waals surface area contributed by atoms with Crippen molar-refractivity contribution in [2.24, 2.45) is 0 Å². The molecule has 0 radical (unpaired) electrons. The molecule has 3 rings (SSSR count). The molecule has 0 fully saturated rings. The lowest BCUT2D eigenvalue weighted by molar-refractivity contribution is 0.0524. The summed E-state index contributed by atoms with van der Waals surface area (Å²) in [5.74, 6) is -1.31. The summed E-state index contributed by atoms with van der Waals surface area (Å²) in [7, 11) is 0. The highest BCUT2D eigenvalue weighted by atomic mass is 32.1. The second-order valence-corrected chi connectivity index (χ2v) is 6.19. The molecule has 2 heterocycles. The lowest BCUT2D eigenvalue weighted by Gasteiger charge is -2.12. The number of benzene rings is 1. The fourth-order valence-electron chi connectivity index (χ4n) is 2.63. The lowest BCUT2D eigenvalue weighted by atomic mass is 10.1. The van der Waals surface area contributed by atoms with Crippen LogP contribution in [0.2, 0.25) is 0 Å². The van der Waals surface area contributed by atoms with Crippen LogP contribution in [0.25, 0.3) is 22.2 Å². The number of pyridine rings is 1. The van der Waals surface area contributed by atoms with E-state index in [2.05, 4.69) is 4.98 Å². The van der Waals surface area contributed by atoms with E-state index in [4.69, 9.17) is 10.5 Å². The van der Waals surface area contributed by atoms with Gasteiger partial charge in [0.25, 0.3) is 0 Å². The van der Waals surface area contributed by atoms with Gasteiger partial charge in [-0.3, -0.25) is 4.79 Å². The summed E-state index contributed by atoms with van der Waals surface area (Å²) in [5.41, 5.74) is 6.14. The number of hydrogen-bond acceptors (Lipinski definition) is 6. The molecule has 0 saturated heterocycles. The van der Waals surface area contributed by atoms with E-state index in [0.717, 1.165) is 6.07 Å². The number of aryl methyl sites for hydroxylation is 1. The largest absolute Gasteiger partial charge is 0.462 e. The smallest absolute Gasteiger partial charge is 0.343 e. The number of anilines is 1. The van der Waals surface area contributed by atoms with Crippen LogP contribution in [0.5, 0.6) is 0 Å². The minimum atomic E-state index is -0.714.